The number of nitrogens with one attached hydrogen (secondary N) is 1. The molecule has 5 rings (SSSR count). The molecule has 1 aliphatic heterocycles. The molecule has 3 heterocycles. The molecular formula is C27H24N4O2S. The molecule has 0 aliphatic carbocycles. The molecule has 1 unspecified atom stereocenters. The quantitative estimate of drug-likeness (QED) is 0.421. The van der Waals surface area contributed by atoms with Gasteiger partial charge in [-0.2, -0.15) is 0 Å². The number of rotatable bonds is 5. The molecule has 1 atom stereocenters. The third-order valence-electron chi connectivity index (χ3n) is 6.14. The summed E-state index contributed by atoms with van der Waals surface area (Å²) in [7, 11) is 0. The third-order valence-corrected chi connectivity index (χ3v) is 7.03. The number of thiazole rings is 1. The predicted molar refractivity (Wildman–Crippen MR) is 136 cm³/mol. The fraction of sp³-hybridized carbons (Fsp3) is 0.185. The van der Waals surface area contributed by atoms with E-state index in [0.717, 1.165) is 33.1 Å². The van der Waals surface area contributed by atoms with Crippen LogP contribution in [0.3, 0.4) is 0 Å². The van der Waals surface area contributed by atoms with E-state index < -0.39 is 5.92 Å². The largest absolute Gasteiger partial charge is 0.326 e. The Morgan fingerprint density at radius 3 is 2.71 bits per heavy atom. The highest BCUT2D eigenvalue weighted by Crippen LogP contribution is 2.31. The Labute approximate surface area is 202 Å². The highest BCUT2D eigenvalue weighted by Gasteiger charge is 2.35. The van der Waals surface area contributed by atoms with Gasteiger partial charge in [0.25, 0.3) is 0 Å². The second-order valence-electron chi connectivity index (χ2n) is 8.52. The molecule has 0 spiro atoms. The van der Waals surface area contributed by atoms with Gasteiger partial charge in [-0.3, -0.25) is 14.6 Å². The molecule has 34 heavy (non-hydrogen) atoms. The van der Waals surface area contributed by atoms with E-state index in [1.165, 1.54) is 5.56 Å². The number of benzene rings is 2. The molecule has 1 N–H and O–H groups in total. The lowest BCUT2D eigenvalue weighted by Gasteiger charge is -2.18. The fourth-order valence-corrected chi connectivity index (χ4v) is 4.87. The van der Waals surface area contributed by atoms with Crippen LogP contribution in [-0.2, 0) is 9.59 Å². The molecule has 1 aliphatic rings. The van der Waals surface area contributed by atoms with Gasteiger partial charge in [0.2, 0.25) is 11.8 Å². The van der Waals surface area contributed by atoms with E-state index in [-0.39, 0.29) is 18.2 Å². The maximum Gasteiger partial charge on any atom is 0.229 e. The van der Waals surface area contributed by atoms with Crippen molar-refractivity contribution in [2.45, 2.75) is 20.3 Å². The smallest absolute Gasteiger partial charge is 0.229 e. The van der Waals surface area contributed by atoms with Crippen molar-refractivity contribution >= 4 is 34.5 Å². The number of pyridine rings is 1. The third kappa shape index (κ3) is 4.47. The zero-order valence-electron chi connectivity index (χ0n) is 19.0. The lowest BCUT2D eigenvalue weighted by Crippen LogP contribution is -2.28. The molecule has 1 fully saturated rings. The first kappa shape index (κ1) is 22.0. The Bertz CT molecular complexity index is 1370. The molecule has 1 saturated heterocycles. The van der Waals surface area contributed by atoms with E-state index >= 15 is 0 Å². The number of nitrogens with zero attached hydrogens (tertiary/aromatic N) is 3. The van der Waals surface area contributed by atoms with Crippen LogP contribution in [0, 0.1) is 19.8 Å². The van der Waals surface area contributed by atoms with Crippen molar-refractivity contribution in [1.29, 1.82) is 0 Å². The van der Waals surface area contributed by atoms with Gasteiger partial charge in [0.15, 0.2) is 0 Å². The standard InChI is InChI=1S/C27H24N4O2S/c1-17-8-9-23(11-18(17)2)31-15-21(13-25(31)32)26(33)29-22-7-3-5-19(12-22)24-16-34-27(30-24)20-6-4-10-28-14-20/h3-12,14,16,21H,13,15H2,1-2H3,(H,29,33). The van der Waals surface area contributed by atoms with Crippen LogP contribution < -0.4 is 10.2 Å². The minimum Gasteiger partial charge on any atom is -0.326 e. The molecule has 6 nitrogen and oxygen atoms in total. The lowest BCUT2D eigenvalue weighted by atomic mass is 10.1. The van der Waals surface area contributed by atoms with Crippen molar-refractivity contribution in [1.82, 2.24) is 9.97 Å². The summed E-state index contributed by atoms with van der Waals surface area (Å²) in [5.41, 5.74) is 6.58. The van der Waals surface area contributed by atoms with Gasteiger partial charge < -0.3 is 10.2 Å². The van der Waals surface area contributed by atoms with Crippen molar-refractivity contribution < 1.29 is 9.59 Å². The monoisotopic (exact) mass is 468 g/mol. The Hall–Kier alpha value is -3.84. The Morgan fingerprint density at radius 1 is 1.06 bits per heavy atom. The number of amides is 2. The van der Waals surface area contributed by atoms with Gasteiger partial charge >= 0.3 is 0 Å². The highest BCUT2D eigenvalue weighted by atomic mass is 32.1. The molecule has 0 bridgehead atoms. The van der Waals surface area contributed by atoms with E-state index in [0.29, 0.717) is 12.2 Å². The maximum absolute atomic E-state index is 13.0. The summed E-state index contributed by atoms with van der Waals surface area (Å²) in [4.78, 5) is 36.2. The molecule has 0 radical (unpaired) electrons. The van der Waals surface area contributed by atoms with Gasteiger partial charge in [-0.15, -0.1) is 11.3 Å². The van der Waals surface area contributed by atoms with E-state index in [1.807, 2.05) is 73.8 Å². The first-order valence-corrected chi connectivity index (χ1v) is 12.0. The van der Waals surface area contributed by atoms with Crippen LogP contribution in [0.15, 0.2) is 72.4 Å². The van der Waals surface area contributed by atoms with E-state index in [2.05, 4.69) is 10.3 Å². The average Bonchev–Trinajstić information content (AvgIpc) is 3.49. The number of carbonyl (C=O) groups excluding carboxylic acids is 2. The molecular weight excluding hydrogens is 444 g/mol. The SMILES string of the molecule is Cc1ccc(N2CC(C(=O)Nc3cccc(-c4csc(-c5cccnc5)n4)c3)CC2=O)cc1C. The number of aryl methyl sites for hydroxylation is 2. The predicted octanol–water partition coefficient (Wildman–Crippen LogP) is 5.48. The number of hydrogen-bond acceptors (Lipinski definition) is 5. The first-order chi connectivity index (χ1) is 16.5. The topological polar surface area (TPSA) is 75.2 Å². The van der Waals surface area contributed by atoms with E-state index in [9.17, 15) is 9.59 Å². The Morgan fingerprint density at radius 2 is 1.91 bits per heavy atom. The summed E-state index contributed by atoms with van der Waals surface area (Å²) in [5.74, 6) is -0.567. The molecule has 4 aromatic rings. The Balaban J connectivity index is 1.29. The van der Waals surface area contributed by atoms with E-state index in [4.69, 9.17) is 4.98 Å². The minimum absolute atomic E-state index is 0.0254. The Kier molecular flexibility index (Phi) is 5.94. The van der Waals surface area contributed by atoms with Gasteiger partial charge in [-0.25, -0.2) is 4.98 Å². The summed E-state index contributed by atoms with van der Waals surface area (Å²) in [6, 6.07) is 17.5. The highest BCUT2D eigenvalue weighted by molar-refractivity contribution is 7.13. The van der Waals surface area contributed by atoms with Gasteiger partial charge in [0.05, 0.1) is 11.6 Å². The second-order valence-corrected chi connectivity index (χ2v) is 9.38. The van der Waals surface area contributed by atoms with Crippen LogP contribution in [0.1, 0.15) is 17.5 Å². The second kappa shape index (κ2) is 9.19. The summed E-state index contributed by atoms with van der Waals surface area (Å²) >= 11 is 1.56. The van der Waals surface area contributed by atoms with Crippen LogP contribution in [0.2, 0.25) is 0 Å². The summed E-state index contributed by atoms with van der Waals surface area (Å²) < 4.78 is 0. The molecule has 2 aromatic heterocycles. The summed E-state index contributed by atoms with van der Waals surface area (Å²) in [6.07, 6.45) is 3.74. The van der Waals surface area contributed by atoms with Crippen molar-refractivity contribution in [3.05, 3.63) is 83.5 Å². The van der Waals surface area contributed by atoms with Crippen molar-refractivity contribution in [2.24, 2.45) is 5.92 Å². The van der Waals surface area contributed by atoms with Gasteiger partial charge in [0, 0.05) is 53.2 Å². The number of aromatic nitrogens is 2. The average molecular weight is 469 g/mol. The fourth-order valence-electron chi connectivity index (χ4n) is 4.06. The summed E-state index contributed by atoms with van der Waals surface area (Å²) in [6.45, 7) is 4.45. The molecule has 2 amide bonds. The van der Waals surface area contributed by atoms with Crippen LogP contribution >= 0.6 is 11.3 Å². The lowest BCUT2D eigenvalue weighted by molar-refractivity contribution is -0.122. The maximum atomic E-state index is 13.0. The zero-order chi connectivity index (χ0) is 23.7. The van der Waals surface area contributed by atoms with Crippen molar-refractivity contribution in [3.63, 3.8) is 0 Å². The zero-order valence-corrected chi connectivity index (χ0v) is 19.8. The van der Waals surface area contributed by atoms with Crippen molar-refractivity contribution in [3.8, 4) is 21.8 Å². The van der Waals surface area contributed by atoms with Crippen LogP contribution in [0.5, 0.6) is 0 Å². The first-order valence-electron chi connectivity index (χ1n) is 11.1. The number of carbonyl (C=O) groups is 2. The van der Waals surface area contributed by atoms with Crippen LogP contribution in [-0.4, -0.2) is 28.3 Å². The van der Waals surface area contributed by atoms with Crippen molar-refractivity contribution in [2.75, 3.05) is 16.8 Å². The number of anilines is 2. The van der Waals surface area contributed by atoms with Gasteiger partial charge in [0.1, 0.15) is 5.01 Å². The molecule has 0 saturated carbocycles. The van der Waals surface area contributed by atoms with E-state index in [1.54, 1.807) is 28.6 Å². The van der Waals surface area contributed by atoms with Gasteiger partial charge in [-0.05, 0) is 61.4 Å². The van der Waals surface area contributed by atoms with Crippen LogP contribution in [0.4, 0.5) is 11.4 Å². The minimum atomic E-state index is -0.394. The molecule has 170 valence electrons. The van der Waals surface area contributed by atoms with Gasteiger partial charge in [-0.1, -0.05) is 18.2 Å². The normalized spacial score (nSPS) is 15.5. The van der Waals surface area contributed by atoms with Crippen LogP contribution in [0.25, 0.3) is 21.8 Å². The number of hydrogen-bond donors (Lipinski definition) is 1. The summed E-state index contributed by atoms with van der Waals surface area (Å²) in [5, 5.41) is 5.89. The molecule has 2 aromatic carbocycles. The molecule has 7 heteroatoms.